The second-order valence-corrected chi connectivity index (χ2v) is 15.7. The standard InChI is InChI=1S/C53H31N3OS/c1-2-14-32(15-3-1)45-31-46(38-29-28-37(35-18-4-5-19-36(35)38)40-23-13-24-41-39-20-8-11-27-48(39)58-52(40)41)56-53(55-45)34-17-12-16-33(30-34)50-51-49(42-21-6-9-25-44(42)54-50)43-22-7-10-26-47(43)57-51/h1-31H. The van der Waals surface area contributed by atoms with Gasteiger partial charge in [0.05, 0.1) is 16.9 Å². The topological polar surface area (TPSA) is 51.8 Å². The molecular weight excluding hydrogens is 727 g/mol. The van der Waals surface area contributed by atoms with Crippen molar-refractivity contribution in [2.75, 3.05) is 0 Å². The van der Waals surface area contributed by atoms with Gasteiger partial charge in [-0.1, -0.05) is 158 Å². The summed E-state index contributed by atoms with van der Waals surface area (Å²) in [5.74, 6) is 0.642. The van der Waals surface area contributed by atoms with E-state index in [0.717, 1.165) is 77.6 Å². The van der Waals surface area contributed by atoms with Gasteiger partial charge in [0.1, 0.15) is 11.3 Å². The molecule has 0 N–H and O–H groups in total. The molecule has 58 heavy (non-hydrogen) atoms. The number of hydrogen-bond donors (Lipinski definition) is 0. The molecule has 0 aliphatic rings. The molecule has 12 aromatic rings. The van der Waals surface area contributed by atoms with Crippen LogP contribution in [-0.4, -0.2) is 15.0 Å². The molecule has 0 saturated carbocycles. The van der Waals surface area contributed by atoms with Crippen molar-refractivity contribution < 1.29 is 4.42 Å². The van der Waals surface area contributed by atoms with Crippen molar-refractivity contribution in [1.82, 2.24) is 15.0 Å². The fourth-order valence-corrected chi connectivity index (χ4v) is 9.85. The van der Waals surface area contributed by atoms with E-state index < -0.39 is 0 Å². The predicted octanol–water partition coefficient (Wildman–Crippen LogP) is 14.8. The van der Waals surface area contributed by atoms with E-state index in [4.69, 9.17) is 19.4 Å². The Morgan fingerprint density at radius 3 is 1.91 bits per heavy atom. The van der Waals surface area contributed by atoms with Crippen molar-refractivity contribution in [3.63, 3.8) is 0 Å². The van der Waals surface area contributed by atoms with Gasteiger partial charge < -0.3 is 4.42 Å². The van der Waals surface area contributed by atoms with Crippen LogP contribution in [0.25, 0.3) is 120 Å². The monoisotopic (exact) mass is 757 g/mol. The number of fused-ring (bicyclic) bond motifs is 9. The number of rotatable bonds is 5. The average molecular weight is 758 g/mol. The van der Waals surface area contributed by atoms with Crippen LogP contribution >= 0.6 is 11.3 Å². The summed E-state index contributed by atoms with van der Waals surface area (Å²) in [5.41, 5.74) is 11.4. The van der Waals surface area contributed by atoms with Crippen LogP contribution in [0.3, 0.4) is 0 Å². The van der Waals surface area contributed by atoms with Gasteiger partial charge in [-0.3, -0.25) is 0 Å². The molecule has 0 radical (unpaired) electrons. The molecule has 0 unspecified atom stereocenters. The highest BCUT2D eigenvalue weighted by atomic mass is 32.1. The molecule has 4 aromatic heterocycles. The minimum Gasteiger partial charge on any atom is -0.454 e. The predicted molar refractivity (Wildman–Crippen MR) is 242 cm³/mol. The lowest BCUT2D eigenvalue weighted by Gasteiger charge is -2.14. The second-order valence-electron chi connectivity index (χ2n) is 14.7. The van der Waals surface area contributed by atoms with Gasteiger partial charge in [-0.05, 0) is 46.7 Å². The van der Waals surface area contributed by atoms with Gasteiger partial charge >= 0.3 is 0 Å². The van der Waals surface area contributed by atoms with Crippen LogP contribution in [0.5, 0.6) is 0 Å². The molecule has 0 bridgehead atoms. The molecule has 4 heterocycles. The number of furan rings is 1. The minimum absolute atomic E-state index is 0.642. The highest BCUT2D eigenvalue weighted by molar-refractivity contribution is 7.26. The third kappa shape index (κ3) is 5.18. The highest BCUT2D eigenvalue weighted by Gasteiger charge is 2.20. The maximum atomic E-state index is 6.57. The summed E-state index contributed by atoms with van der Waals surface area (Å²) in [5, 5.41) is 8.15. The summed E-state index contributed by atoms with van der Waals surface area (Å²) in [6.45, 7) is 0. The van der Waals surface area contributed by atoms with Crippen molar-refractivity contribution in [2.24, 2.45) is 0 Å². The van der Waals surface area contributed by atoms with E-state index in [1.165, 1.54) is 36.7 Å². The van der Waals surface area contributed by atoms with E-state index in [-0.39, 0.29) is 0 Å². The Morgan fingerprint density at radius 1 is 0.397 bits per heavy atom. The van der Waals surface area contributed by atoms with Crippen LogP contribution in [0.4, 0.5) is 0 Å². The highest BCUT2D eigenvalue weighted by Crippen LogP contribution is 2.44. The van der Waals surface area contributed by atoms with Crippen LogP contribution in [0.15, 0.2) is 192 Å². The maximum Gasteiger partial charge on any atom is 0.162 e. The third-order valence-electron chi connectivity index (χ3n) is 11.3. The average Bonchev–Trinajstić information content (AvgIpc) is 3.88. The van der Waals surface area contributed by atoms with E-state index in [9.17, 15) is 0 Å². The fourth-order valence-electron chi connectivity index (χ4n) is 8.62. The molecule has 0 saturated heterocycles. The van der Waals surface area contributed by atoms with Gasteiger partial charge in [-0.2, -0.15) is 0 Å². The second kappa shape index (κ2) is 13.1. The van der Waals surface area contributed by atoms with Gasteiger partial charge in [-0.25, -0.2) is 15.0 Å². The first-order valence-electron chi connectivity index (χ1n) is 19.4. The van der Waals surface area contributed by atoms with Crippen LogP contribution in [0.1, 0.15) is 0 Å². The number of nitrogens with zero attached hydrogens (tertiary/aromatic N) is 3. The lowest BCUT2D eigenvalue weighted by molar-refractivity contribution is 0.669. The largest absolute Gasteiger partial charge is 0.454 e. The number of pyridine rings is 1. The molecule has 0 amide bonds. The van der Waals surface area contributed by atoms with Gasteiger partial charge in [0.2, 0.25) is 0 Å². The van der Waals surface area contributed by atoms with Crippen molar-refractivity contribution in [3.05, 3.63) is 188 Å². The Balaban J connectivity index is 1.05. The molecule has 4 nitrogen and oxygen atoms in total. The Bertz CT molecular complexity index is 3590. The number of para-hydroxylation sites is 2. The van der Waals surface area contributed by atoms with Crippen LogP contribution in [-0.2, 0) is 0 Å². The fraction of sp³-hybridized carbons (Fsp3) is 0. The summed E-state index contributed by atoms with van der Waals surface area (Å²) in [7, 11) is 0. The smallest absolute Gasteiger partial charge is 0.162 e. The molecule has 5 heteroatoms. The summed E-state index contributed by atoms with van der Waals surface area (Å²) >= 11 is 1.86. The molecule has 0 atom stereocenters. The van der Waals surface area contributed by atoms with Crippen LogP contribution in [0.2, 0.25) is 0 Å². The molecule has 12 rings (SSSR count). The molecule has 270 valence electrons. The molecule has 8 aromatic carbocycles. The molecule has 0 aliphatic heterocycles. The van der Waals surface area contributed by atoms with Crippen molar-refractivity contribution in [3.8, 4) is 56.3 Å². The summed E-state index contributed by atoms with van der Waals surface area (Å²) < 4.78 is 9.18. The van der Waals surface area contributed by atoms with E-state index in [0.29, 0.717) is 5.82 Å². The first-order valence-corrected chi connectivity index (χ1v) is 20.2. The van der Waals surface area contributed by atoms with Crippen molar-refractivity contribution >= 4 is 75.1 Å². The van der Waals surface area contributed by atoms with Crippen molar-refractivity contribution in [1.29, 1.82) is 0 Å². The SMILES string of the molecule is c1ccc(-c2cc(-c3ccc(-c4cccc5c4sc4ccccc45)c4ccccc34)nc(-c3cccc(-c4nc5ccccc5c5c4oc4ccccc45)c3)n2)cc1. The zero-order valence-electron chi connectivity index (χ0n) is 31.1. The van der Waals surface area contributed by atoms with Gasteiger partial charge in [0, 0.05) is 64.1 Å². The number of aromatic nitrogens is 3. The van der Waals surface area contributed by atoms with Gasteiger partial charge in [-0.15, -0.1) is 11.3 Å². The molecule has 0 spiro atoms. The quantitative estimate of drug-likeness (QED) is 0.175. The van der Waals surface area contributed by atoms with E-state index in [2.05, 4.69) is 164 Å². The number of benzene rings is 8. The van der Waals surface area contributed by atoms with Crippen LogP contribution in [0, 0.1) is 0 Å². The summed E-state index contributed by atoms with van der Waals surface area (Å²) in [4.78, 5) is 15.8. The van der Waals surface area contributed by atoms with E-state index >= 15 is 0 Å². The molecule has 0 aliphatic carbocycles. The first kappa shape index (κ1) is 32.7. The molecule has 0 fully saturated rings. The Labute approximate surface area is 337 Å². The third-order valence-corrected chi connectivity index (χ3v) is 12.5. The molecular formula is C53H31N3OS. The zero-order chi connectivity index (χ0) is 38.2. The van der Waals surface area contributed by atoms with Gasteiger partial charge in [0.25, 0.3) is 0 Å². The lowest BCUT2D eigenvalue weighted by Crippen LogP contribution is -1.97. The summed E-state index contributed by atoms with van der Waals surface area (Å²) in [6, 6.07) is 66.0. The maximum absolute atomic E-state index is 6.57. The van der Waals surface area contributed by atoms with Crippen molar-refractivity contribution in [2.45, 2.75) is 0 Å². The lowest BCUT2D eigenvalue weighted by atomic mass is 9.92. The normalized spacial score (nSPS) is 11.8. The first-order chi connectivity index (χ1) is 28.7. The zero-order valence-corrected chi connectivity index (χ0v) is 31.9. The Kier molecular flexibility index (Phi) is 7.37. The Hall–Kier alpha value is -7.47. The number of hydrogen-bond acceptors (Lipinski definition) is 5. The van der Waals surface area contributed by atoms with Crippen LogP contribution < -0.4 is 0 Å². The minimum atomic E-state index is 0.642. The summed E-state index contributed by atoms with van der Waals surface area (Å²) in [6.07, 6.45) is 0. The van der Waals surface area contributed by atoms with E-state index in [1.54, 1.807) is 0 Å². The number of thiophene rings is 1. The van der Waals surface area contributed by atoms with E-state index in [1.807, 2.05) is 35.6 Å². The van der Waals surface area contributed by atoms with Gasteiger partial charge in [0.15, 0.2) is 11.4 Å². The Morgan fingerprint density at radius 2 is 1.03 bits per heavy atom.